The normalized spacial score (nSPS) is 22.2. The van der Waals surface area contributed by atoms with Gasteiger partial charge in [0.15, 0.2) is 5.82 Å². The summed E-state index contributed by atoms with van der Waals surface area (Å²) in [6.45, 7) is 3.17. The average Bonchev–Trinajstić information content (AvgIpc) is 3.73. The van der Waals surface area contributed by atoms with Gasteiger partial charge < -0.3 is 19.5 Å². The smallest absolute Gasteiger partial charge is 0.317 e. The van der Waals surface area contributed by atoms with Gasteiger partial charge in [0.05, 0.1) is 28.7 Å². The van der Waals surface area contributed by atoms with E-state index in [1.54, 1.807) is 4.90 Å². The number of terminal acetylenes is 1. The van der Waals surface area contributed by atoms with E-state index < -0.39 is 11.6 Å². The number of hydrogen-bond donors (Lipinski definition) is 1. The fourth-order valence-corrected chi connectivity index (χ4v) is 7.79. The minimum atomic E-state index is -0.864. The molecule has 6 heterocycles. The van der Waals surface area contributed by atoms with Crippen LogP contribution in [0.15, 0.2) is 30.5 Å². The van der Waals surface area contributed by atoms with Crippen molar-refractivity contribution in [1.29, 1.82) is 0 Å². The van der Waals surface area contributed by atoms with Crippen LogP contribution in [0.2, 0.25) is 0 Å². The van der Waals surface area contributed by atoms with Crippen molar-refractivity contribution in [2.45, 2.75) is 56.3 Å². The molecule has 4 aliphatic rings. The maximum Gasteiger partial charge on any atom is 0.317 e. The van der Waals surface area contributed by atoms with Crippen molar-refractivity contribution >= 4 is 27.6 Å². The van der Waals surface area contributed by atoms with Crippen molar-refractivity contribution < 1.29 is 28.2 Å². The van der Waals surface area contributed by atoms with Crippen LogP contribution >= 0.6 is 0 Å². The number of ether oxygens (including phenoxy) is 2. The second-order valence-electron chi connectivity index (χ2n) is 12.6. The van der Waals surface area contributed by atoms with Crippen LogP contribution in [-0.2, 0) is 4.74 Å². The molecular formula is C34H31F2N5O4. The van der Waals surface area contributed by atoms with E-state index in [0.717, 1.165) is 51.6 Å². The van der Waals surface area contributed by atoms with Gasteiger partial charge in [-0.1, -0.05) is 12.0 Å². The number of morpholine rings is 1. The molecule has 2 aromatic heterocycles. The maximum absolute atomic E-state index is 16.7. The first kappa shape index (κ1) is 28.1. The van der Waals surface area contributed by atoms with E-state index in [1.807, 2.05) is 0 Å². The zero-order chi connectivity index (χ0) is 30.9. The summed E-state index contributed by atoms with van der Waals surface area (Å²) in [7, 11) is 0. The van der Waals surface area contributed by atoms with E-state index in [1.165, 1.54) is 30.5 Å². The summed E-state index contributed by atoms with van der Waals surface area (Å²) in [4.78, 5) is 31.6. The van der Waals surface area contributed by atoms with Crippen molar-refractivity contribution in [3.8, 4) is 35.4 Å². The van der Waals surface area contributed by atoms with Gasteiger partial charge in [-0.05, 0) is 75.2 Å². The Morgan fingerprint density at radius 2 is 1.89 bits per heavy atom. The molecule has 1 amide bonds. The number of phenols is 1. The number of hydrogen-bond acceptors (Lipinski definition) is 8. The number of amides is 1. The average molecular weight is 612 g/mol. The summed E-state index contributed by atoms with van der Waals surface area (Å²) >= 11 is 0. The van der Waals surface area contributed by atoms with Crippen molar-refractivity contribution in [3.05, 3.63) is 53.4 Å². The van der Waals surface area contributed by atoms with Gasteiger partial charge in [0, 0.05) is 30.2 Å². The molecule has 4 fully saturated rings. The van der Waals surface area contributed by atoms with Gasteiger partial charge in [-0.15, -0.1) is 6.42 Å². The van der Waals surface area contributed by atoms with Gasteiger partial charge in [0.25, 0.3) is 5.91 Å². The fraction of sp³-hybridized carbons (Fsp3) is 0.412. The molecule has 2 atom stereocenters. The first-order valence-corrected chi connectivity index (χ1v) is 15.4. The summed E-state index contributed by atoms with van der Waals surface area (Å²) < 4.78 is 43.7. The molecule has 2 bridgehead atoms. The molecule has 2 aromatic carbocycles. The predicted molar refractivity (Wildman–Crippen MR) is 162 cm³/mol. The lowest BCUT2D eigenvalue weighted by Crippen LogP contribution is -2.46. The summed E-state index contributed by atoms with van der Waals surface area (Å²) in [5.74, 6) is 0.285. The summed E-state index contributed by atoms with van der Waals surface area (Å²) in [6, 6.07) is 5.28. The summed E-state index contributed by atoms with van der Waals surface area (Å²) in [6.07, 6.45) is 12.8. The van der Waals surface area contributed by atoms with E-state index >= 15 is 4.39 Å². The number of carbonyl (C=O) groups is 1. The highest BCUT2D eigenvalue weighted by Crippen LogP contribution is 2.40. The maximum atomic E-state index is 16.7. The van der Waals surface area contributed by atoms with Crippen LogP contribution in [0, 0.1) is 24.0 Å². The third-order valence-corrected chi connectivity index (χ3v) is 9.93. The number of likely N-dealkylation sites (tertiary alicyclic amines) is 1. The number of nitrogens with zero attached hydrogens (tertiary/aromatic N) is 5. The van der Waals surface area contributed by atoms with Crippen molar-refractivity contribution in [3.63, 3.8) is 0 Å². The van der Waals surface area contributed by atoms with Crippen LogP contribution in [0.5, 0.6) is 11.8 Å². The van der Waals surface area contributed by atoms with Gasteiger partial charge in [-0.25, -0.2) is 8.78 Å². The molecule has 0 saturated carbocycles. The van der Waals surface area contributed by atoms with Gasteiger partial charge in [-0.3, -0.25) is 14.7 Å². The number of carbonyl (C=O) groups excluding carboxylic acids is 1. The Morgan fingerprint density at radius 1 is 1.13 bits per heavy atom. The SMILES string of the molecule is C#Cc1c(F)ccc2cc(O)cc(-c3ncc4c(C(=O)N5CC6CCC(C5)O6)nc(OCC56CCCN5CCC6)nc4c3F)c12. The van der Waals surface area contributed by atoms with Crippen LogP contribution in [0.4, 0.5) is 8.78 Å². The molecular weight excluding hydrogens is 580 g/mol. The number of pyridine rings is 1. The molecule has 8 rings (SSSR count). The number of aromatic hydroxyl groups is 1. The minimum absolute atomic E-state index is 0.00225. The van der Waals surface area contributed by atoms with Crippen LogP contribution in [0.1, 0.15) is 54.6 Å². The van der Waals surface area contributed by atoms with Crippen molar-refractivity contribution in [2.24, 2.45) is 0 Å². The Bertz CT molecular complexity index is 1910. The van der Waals surface area contributed by atoms with Gasteiger partial charge in [-0.2, -0.15) is 9.97 Å². The van der Waals surface area contributed by atoms with E-state index in [2.05, 4.69) is 25.8 Å². The van der Waals surface area contributed by atoms with E-state index in [-0.39, 0.29) is 74.2 Å². The second kappa shape index (κ2) is 10.6. The number of benzene rings is 2. The topological polar surface area (TPSA) is 101 Å². The number of aromatic nitrogens is 3. The van der Waals surface area contributed by atoms with Crippen molar-refractivity contribution in [1.82, 2.24) is 24.8 Å². The number of phenolic OH excluding ortho intramolecular Hbond substituents is 1. The number of halogens is 2. The second-order valence-corrected chi connectivity index (χ2v) is 12.6. The van der Waals surface area contributed by atoms with Gasteiger partial charge >= 0.3 is 6.01 Å². The molecule has 4 aromatic rings. The molecule has 2 unspecified atom stereocenters. The zero-order valence-corrected chi connectivity index (χ0v) is 24.6. The lowest BCUT2D eigenvalue weighted by molar-refractivity contribution is -0.0304. The first-order valence-electron chi connectivity index (χ1n) is 15.4. The quantitative estimate of drug-likeness (QED) is 0.321. The van der Waals surface area contributed by atoms with E-state index in [4.69, 9.17) is 15.9 Å². The lowest BCUT2D eigenvalue weighted by atomic mass is 9.95. The van der Waals surface area contributed by atoms with Crippen LogP contribution in [0.25, 0.3) is 32.9 Å². The molecule has 0 spiro atoms. The van der Waals surface area contributed by atoms with E-state index in [0.29, 0.717) is 25.1 Å². The summed E-state index contributed by atoms with van der Waals surface area (Å²) in [5, 5.41) is 11.3. The first-order chi connectivity index (χ1) is 21.8. The number of rotatable bonds is 5. The van der Waals surface area contributed by atoms with Gasteiger partial charge in [0.2, 0.25) is 0 Å². The minimum Gasteiger partial charge on any atom is -0.508 e. The molecule has 1 N–H and O–H groups in total. The molecule has 45 heavy (non-hydrogen) atoms. The molecule has 9 nitrogen and oxygen atoms in total. The predicted octanol–water partition coefficient (Wildman–Crippen LogP) is 4.82. The molecule has 4 saturated heterocycles. The fourth-order valence-electron chi connectivity index (χ4n) is 7.79. The molecule has 0 radical (unpaired) electrons. The van der Waals surface area contributed by atoms with Crippen LogP contribution < -0.4 is 4.74 Å². The lowest BCUT2D eigenvalue weighted by Gasteiger charge is -2.32. The summed E-state index contributed by atoms with van der Waals surface area (Å²) in [5.41, 5.74) is -0.463. The highest BCUT2D eigenvalue weighted by Gasteiger charge is 2.45. The monoisotopic (exact) mass is 611 g/mol. The Labute approximate surface area is 258 Å². The van der Waals surface area contributed by atoms with Gasteiger partial charge in [0.1, 0.15) is 35.1 Å². The third-order valence-electron chi connectivity index (χ3n) is 9.93. The highest BCUT2D eigenvalue weighted by molar-refractivity contribution is 6.06. The standard InChI is InChI=1S/C34H31F2N5O4/c1-2-23-26(35)8-5-19-13-20(42)14-24(27(19)23)29-28(36)30-25(15-37-29)31(32(43)40-16-21-6-7-22(17-40)45-21)39-33(38-30)44-18-34-9-3-11-41(34)12-4-10-34/h1,5,8,13-15,21-22,42H,3-4,6-7,9-12,16-18H2. The Morgan fingerprint density at radius 3 is 2.62 bits per heavy atom. The highest BCUT2D eigenvalue weighted by atomic mass is 19.1. The third kappa shape index (κ3) is 4.58. The zero-order valence-electron chi connectivity index (χ0n) is 24.6. The Balaban J connectivity index is 1.27. The molecule has 0 aliphatic carbocycles. The molecule has 11 heteroatoms. The largest absolute Gasteiger partial charge is 0.508 e. The molecule has 230 valence electrons. The molecule has 4 aliphatic heterocycles. The van der Waals surface area contributed by atoms with Crippen LogP contribution in [-0.4, -0.2) is 86.3 Å². The van der Waals surface area contributed by atoms with Crippen LogP contribution in [0.3, 0.4) is 0 Å². The Hall–Kier alpha value is -4.40. The van der Waals surface area contributed by atoms with Crippen molar-refractivity contribution in [2.75, 3.05) is 32.8 Å². The Kier molecular flexibility index (Phi) is 6.62. The number of fused-ring (bicyclic) bond motifs is 5. The van der Waals surface area contributed by atoms with E-state index in [9.17, 15) is 14.3 Å².